The summed E-state index contributed by atoms with van der Waals surface area (Å²) in [5.41, 5.74) is 5.01. The van der Waals surface area contributed by atoms with Crippen LogP contribution in [0.3, 0.4) is 0 Å². The highest BCUT2D eigenvalue weighted by Gasteiger charge is 2.42. The van der Waals surface area contributed by atoms with Gasteiger partial charge in [-0.05, 0) is 0 Å². The summed E-state index contributed by atoms with van der Waals surface area (Å²) in [7, 11) is 0. The number of aliphatic hydroxyl groups is 4. The van der Waals surface area contributed by atoms with Gasteiger partial charge in [-0.15, -0.1) is 25.3 Å². The molecule has 0 radical (unpaired) electrons. The number of nitrogens with zero attached hydrogens (tertiary/aromatic N) is 1. The van der Waals surface area contributed by atoms with E-state index in [1.54, 1.807) is 0 Å². The Morgan fingerprint density at radius 3 is 1.74 bits per heavy atom. The normalized spacial score (nSPS) is 19.6. The molecule has 0 amide bonds. The molecule has 0 rings (SSSR count). The second-order valence-corrected chi connectivity index (χ2v) is 5.20. The summed E-state index contributed by atoms with van der Waals surface area (Å²) in [6.07, 6.45) is -12.2. The average Bonchev–Trinajstić information content (AvgIpc) is 2.30. The first kappa shape index (κ1) is 19.2. The number of aliphatic hydroxyl groups excluding tert-OH is 4. The van der Waals surface area contributed by atoms with Gasteiger partial charge in [0, 0.05) is 13.1 Å². The van der Waals surface area contributed by atoms with E-state index in [4.69, 9.17) is 10.8 Å². The fourth-order valence-electron chi connectivity index (χ4n) is 1.23. The van der Waals surface area contributed by atoms with E-state index in [0.29, 0.717) is 0 Å². The molecule has 6 N–H and O–H groups in total. The summed E-state index contributed by atoms with van der Waals surface area (Å²) < 4.78 is 36.0. The predicted molar refractivity (Wildman–Crippen MR) is 67.6 cm³/mol. The van der Waals surface area contributed by atoms with Gasteiger partial charge in [0.1, 0.15) is 16.9 Å². The third-order valence-electron chi connectivity index (χ3n) is 2.37. The standard InChI is InChI=1S/C8H17F3N2O4S2/c9-8(10,11)13(7(18)19)2-4(15)6(17)5(16)3(14)1-12/h3-7,14-19H,1-2,12H2. The largest absolute Gasteiger partial charge is 0.461 e. The topological polar surface area (TPSA) is 110 Å². The van der Waals surface area contributed by atoms with Crippen molar-refractivity contribution < 1.29 is 33.6 Å². The van der Waals surface area contributed by atoms with Gasteiger partial charge in [0.2, 0.25) is 0 Å². The molecule has 6 nitrogen and oxygen atoms in total. The smallest absolute Gasteiger partial charge is 0.389 e. The molecule has 0 aromatic heterocycles. The van der Waals surface area contributed by atoms with E-state index in [1.807, 2.05) is 0 Å². The Bertz CT molecular complexity index is 273. The molecular formula is C8H17F3N2O4S2. The van der Waals surface area contributed by atoms with E-state index in [-0.39, 0.29) is 4.90 Å². The molecule has 0 aliphatic heterocycles. The Morgan fingerprint density at radius 1 is 1.00 bits per heavy atom. The molecular weight excluding hydrogens is 309 g/mol. The van der Waals surface area contributed by atoms with Crippen molar-refractivity contribution in [3.8, 4) is 0 Å². The minimum absolute atomic E-state index is 0.255. The molecule has 0 bridgehead atoms. The van der Waals surface area contributed by atoms with Gasteiger partial charge in [-0.25, -0.2) is 0 Å². The van der Waals surface area contributed by atoms with Crippen molar-refractivity contribution in [2.24, 2.45) is 5.73 Å². The number of hydrogen-bond acceptors (Lipinski definition) is 8. The SMILES string of the molecule is NCC(O)C(O)C(O)C(O)CN(C(S)S)C(F)(F)F. The minimum Gasteiger partial charge on any atom is -0.389 e. The molecule has 0 saturated heterocycles. The lowest BCUT2D eigenvalue weighted by atomic mass is 10.0. The fraction of sp³-hybridized carbons (Fsp3) is 1.00. The first-order chi connectivity index (χ1) is 8.52. The van der Waals surface area contributed by atoms with Crippen molar-refractivity contribution in [3.63, 3.8) is 0 Å². The van der Waals surface area contributed by atoms with Crippen molar-refractivity contribution in [1.82, 2.24) is 4.90 Å². The Morgan fingerprint density at radius 2 is 1.42 bits per heavy atom. The van der Waals surface area contributed by atoms with Crippen molar-refractivity contribution in [2.45, 2.75) is 35.4 Å². The molecule has 116 valence electrons. The predicted octanol–water partition coefficient (Wildman–Crippen LogP) is -1.65. The number of thiol groups is 2. The summed E-state index contributed by atoms with van der Waals surface area (Å²) in [6, 6.07) is 0. The number of rotatable bonds is 7. The molecule has 19 heavy (non-hydrogen) atoms. The maximum absolute atomic E-state index is 12.5. The molecule has 11 heteroatoms. The quantitative estimate of drug-likeness (QED) is 0.172. The van der Waals surface area contributed by atoms with Crippen molar-refractivity contribution in [1.29, 1.82) is 0 Å². The van der Waals surface area contributed by atoms with Crippen LogP contribution in [0.15, 0.2) is 0 Å². The van der Waals surface area contributed by atoms with Crippen LogP contribution in [0.2, 0.25) is 0 Å². The summed E-state index contributed by atoms with van der Waals surface area (Å²) in [5, 5.41) is 37.3. The van der Waals surface area contributed by atoms with Gasteiger partial charge < -0.3 is 26.2 Å². The highest BCUT2D eigenvalue weighted by atomic mass is 32.2. The summed E-state index contributed by atoms with van der Waals surface area (Å²) in [4.78, 5) is -0.255. The first-order valence-electron chi connectivity index (χ1n) is 5.14. The number of hydrogen-bond donors (Lipinski definition) is 7. The molecule has 4 atom stereocenters. The van der Waals surface area contributed by atoms with Crippen LogP contribution in [0.5, 0.6) is 0 Å². The monoisotopic (exact) mass is 326 g/mol. The summed E-state index contributed by atoms with van der Waals surface area (Å²) >= 11 is 6.97. The first-order valence-corrected chi connectivity index (χ1v) is 6.17. The van der Waals surface area contributed by atoms with Gasteiger partial charge in [0.05, 0.1) is 12.2 Å². The fourth-order valence-corrected chi connectivity index (χ4v) is 1.68. The van der Waals surface area contributed by atoms with Gasteiger partial charge in [0.25, 0.3) is 0 Å². The molecule has 0 aliphatic rings. The third-order valence-corrected chi connectivity index (χ3v) is 2.93. The second-order valence-electron chi connectivity index (χ2n) is 3.82. The molecule has 0 spiro atoms. The minimum atomic E-state index is -4.83. The molecule has 0 fully saturated rings. The van der Waals surface area contributed by atoms with Crippen LogP contribution in [0.4, 0.5) is 13.2 Å². The number of alkyl halides is 3. The number of nitrogens with two attached hydrogens (primary N) is 1. The maximum Gasteiger partial charge on any atom is 0.461 e. The van der Waals surface area contributed by atoms with E-state index in [2.05, 4.69) is 25.3 Å². The zero-order chi connectivity index (χ0) is 15.4. The zero-order valence-electron chi connectivity index (χ0n) is 9.64. The van der Waals surface area contributed by atoms with E-state index in [9.17, 15) is 28.5 Å². The van der Waals surface area contributed by atoms with Gasteiger partial charge in [0.15, 0.2) is 0 Å². The van der Waals surface area contributed by atoms with Crippen LogP contribution >= 0.6 is 25.3 Å². The van der Waals surface area contributed by atoms with E-state index in [1.165, 1.54) is 0 Å². The van der Waals surface area contributed by atoms with E-state index < -0.39 is 48.5 Å². The van der Waals surface area contributed by atoms with Gasteiger partial charge in [-0.2, -0.15) is 18.1 Å². The van der Waals surface area contributed by atoms with E-state index >= 15 is 0 Å². The molecule has 0 saturated carbocycles. The summed E-state index contributed by atoms with van der Waals surface area (Å²) in [6.45, 7) is -1.49. The van der Waals surface area contributed by atoms with Crippen LogP contribution in [0, 0.1) is 0 Å². The van der Waals surface area contributed by atoms with Crippen molar-refractivity contribution >= 4 is 25.3 Å². The Balaban J connectivity index is 4.69. The Kier molecular flexibility index (Phi) is 7.98. The van der Waals surface area contributed by atoms with Crippen LogP contribution in [0.25, 0.3) is 0 Å². The average molecular weight is 326 g/mol. The van der Waals surface area contributed by atoms with Crippen LogP contribution in [-0.4, -0.2) is 73.8 Å². The van der Waals surface area contributed by atoms with Crippen LogP contribution in [0.1, 0.15) is 0 Å². The zero-order valence-corrected chi connectivity index (χ0v) is 11.4. The Hall–Kier alpha value is 0.250. The van der Waals surface area contributed by atoms with Crippen LogP contribution < -0.4 is 5.73 Å². The van der Waals surface area contributed by atoms with Gasteiger partial charge in [-0.1, -0.05) is 0 Å². The van der Waals surface area contributed by atoms with Crippen LogP contribution in [-0.2, 0) is 0 Å². The molecule has 0 aliphatic carbocycles. The highest BCUT2D eigenvalue weighted by molar-refractivity contribution is 7.99. The van der Waals surface area contributed by atoms with E-state index in [0.717, 1.165) is 0 Å². The summed E-state index contributed by atoms with van der Waals surface area (Å²) in [5.74, 6) is 0. The highest BCUT2D eigenvalue weighted by Crippen LogP contribution is 2.27. The molecule has 0 aromatic carbocycles. The van der Waals surface area contributed by atoms with Gasteiger partial charge >= 0.3 is 6.30 Å². The maximum atomic E-state index is 12.5. The second kappa shape index (κ2) is 7.88. The molecule has 4 unspecified atom stereocenters. The van der Waals surface area contributed by atoms with Gasteiger partial charge in [-0.3, -0.25) is 0 Å². The number of halogens is 3. The molecule has 0 heterocycles. The molecule has 0 aromatic rings. The lowest BCUT2D eigenvalue weighted by Crippen LogP contribution is -2.53. The Labute approximate surface area is 118 Å². The van der Waals surface area contributed by atoms with Crippen molar-refractivity contribution in [2.75, 3.05) is 13.1 Å². The third kappa shape index (κ3) is 6.04. The lowest BCUT2D eigenvalue weighted by molar-refractivity contribution is -0.252. The van der Waals surface area contributed by atoms with Crippen molar-refractivity contribution in [3.05, 3.63) is 0 Å². The lowest BCUT2D eigenvalue weighted by Gasteiger charge is -2.32.